The lowest BCUT2D eigenvalue weighted by Gasteiger charge is -2.17. The van der Waals surface area contributed by atoms with Crippen LogP contribution in [0.3, 0.4) is 0 Å². The minimum atomic E-state index is 0.0106. The van der Waals surface area contributed by atoms with E-state index in [1.165, 1.54) is 0 Å². The van der Waals surface area contributed by atoms with E-state index in [2.05, 4.69) is 17.6 Å². The van der Waals surface area contributed by atoms with Gasteiger partial charge in [-0.25, -0.2) is 0 Å². The molecule has 0 aliphatic carbocycles. The van der Waals surface area contributed by atoms with Gasteiger partial charge in [0.05, 0.1) is 6.04 Å². The van der Waals surface area contributed by atoms with Crippen molar-refractivity contribution in [2.45, 2.75) is 45.1 Å². The Balaban J connectivity index is 2.21. The molecule has 0 bridgehead atoms. The normalized spacial score (nSPS) is 22.0. The average Bonchev–Trinajstić information content (AvgIpc) is 2.79. The Labute approximate surface area is 97.8 Å². The quantitative estimate of drug-likeness (QED) is 0.599. The molecule has 1 saturated heterocycles. The van der Waals surface area contributed by atoms with Gasteiger partial charge in [0.25, 0.3) is 0 Å². The van der Waals surface area contributed by atoms with Crippen LogP contribution < -0.4 is 10.6 Å². The highest BCUT2D eigenvalue weighted by atomic mass is 16.3. The molecule has 1 heterocycles. The molecule has 4 nitrogen and oxygen atoms in total. The fraction of sp³-hybridized carbons (Fsp3) is 0.917. The molecule has 3 N–H and O–H groups in total. The van der Waals surface area contributed by atoms with Crippen LogP contribution in [-0.4, -0.2) is 36.8 Å². The van der Waals surface area contributed by atoms with Gasteiger partial charge in [-0.15, -0.1) is 0 Å². The number of aliphatic hydroxyl groups excluding tert-OH is 1. The number of aliphatic hydroxyl groups is 1. The molecule has 16 heavy (non-hydrogen) atoms. The fourth-order valence-electron chi connectivity index (χ4n) is 2.22. The summed E-state index contributed by atoms with van der Waals surface area (Å²) in [5, 5.41) is 15.1. The van der Waals surface area contributed by atoms with Crippen LogP contribution in [0.1, 0.15) is 39.0 Å². The van der Waals surface area contributed by atoms with Gasteiger partial charge >= 0.3 is 0 Å². The lowest BCUT2D eigenvalue weighted by atomic mass is 10.00. The molecule has 1 amide bonds. The molecule has 1 aliphatic heterocycles. The second kappa shape index (κ2) is 7.63. The zero-order valence-electron chi connectivity index (χ0n) is 10.2. The topological polar surface area (TPSA) is 61.4 Å². The zero-order valence-corrected chi connectivity index (χ0v) is 10.2. The highest BCUT2D eigenvalue weighted by Gasteiger charge is 2.22. The SMILES string of the molecule is CCCC(CCO)CNC(=O)[C@@H]1CCCN1. The van der Waals surface area contributed by atoms with Gasteiger partial charge in [-0.05, 0) is 38.1 Å². The third-order valence-corrected chi connectivity index (χ3v) is 3.18. The van der Waals surface area contributed by atoms with Crippen LogP contribution in [0.5, 0.6) is 0 Å². The first-order valence-corrected chi connectivity index (χ1v) is 6.39. The minimum absolute atomic E-state index is 0.0106. The maximum absolute atomic E-state index is 11.7. The number of carbonyl (C=O) groups excluding carboxylic acids is 1. The highest BCUT2D eigenvalue weighted by Crippen LogP contribution is 2.10. The molecule has 1 aliphatic rings. The fourth-order valence-corrected chi connectivity index (χ4v) is 2.22. The van der Waals surface area contributed by atoms with Crippen molar-refractivity contribution in [2.24, 2.45) is 5.92 Å². The van der Waals surface area contributed by atoms with Gasteiger partial charge in [0.15, 0.2) is 0 Å². The standard InChI is InChI=1S/C12H24N2O2/c1-2-4-10(6-8-15)9-14-12(16)11-5-3-7-13-11/h10-11,13,15H,2-9H2,1H3,(H,14,16)/t10?,11-/m0/s1. The molecular formula is C12H24N2O2. The van der Waals surface area contributed by atoms with Gasteiger partial charge < -0.3 is 15.7 Å². The maximum Gasteiger partial charge on any atom is 0.237 e. The summed E-state index contributed by atoms with van der Waals surface area (Å²) in [7, 11) is 0. The summed E-state index contributed by atoms with van der Waals surface area (Å²) in [5.74, 6) is 0.539. The van der Waals surface area contributed by atoms with Gasteiger partial charge in [-0.2, -0.15) is 0 Å². The Hall–Kier alpha value is -0.610. The van der Waals surface area contributed by atoms with Crippen LogP contribution in [-0.2, 0) is 4.79 Å². The molecule has 0 spiro atoms. The van der Waals surface area contributed by atoms with Crippen molar-refractivity contribution >= 4 is 5.91 Å². The van der Waals surface area contributed by atoms with E-state index < -0.39 is 0 Å². The zero-order chi connectivity index (χ0) is 11.8. The van der Waals surface area contributed by atoms with Gasteiger partial charge in [-0.3, -0.25) is 4.79 Å². The predicted octanol–water partition coefficient (Wildman–Crippen LogP) is 0.653. The minimum Gasteiger partial charge on any atom is -0.396 e. The van der Waals surface area contributed by atoms with Crippen LogP contribution in [0.4, 0.5) is 0 Å². The number of rotatable bonds is 7. The maximum atomic E-state index is 11.7. The van der Waals surface area contributed by atoms with E-state index in [9.17, 15) is 4.79 Å². The van der Waals surface area contributed by atoms with Crippen molar-refractivity contribution in [2.75, 3.05) is 19.7 Å². The van der Waals surface area contributed by atoms with Gasteiger partial charge in [0.2, 0.25) is 5.91 Å². The van der Waals surface area contributed by atoms with E-state index in [1.54, 1.807) is 0 Å². The Morgan fingerprint density at radius 1 is 1.56 bits per heavy atom. The largest absolute Gasteiger partial charge is 0.396 e. The van der Waals surface area contributed by atoms with Crippen molar-refractivity contribution in [1.29, 1.82) is 0 Å². The van der Waals surface area contributed by atoms with Crippen LogP contribution >= 0.6 is 0 Å². The van der Waals surface area contributed by atoms with Gasteiger partial charge in [0.1, 0.15) is 0 Å². The number of hydrogen-bond acceptors (Lipinski definition) is 3. The number of carbonyl (C=O) groups is 1. The predicted molar refractivity (Wildman–Crippen MR) is 64.1 cm³/mol. The molecule has 4 heteroatoms. The van der Waals surface area contributed by atoms with E-state index in [1.807, 2.05) is 0 Å². The van der Waals surface area contributed by atoms with Crippen LogP contribution in [0, 0.1) is 5.92 Å². The van der Waals surface area contributed by atoms with E-state index in [0.717, 1.165) is 38.6 Å². The smallest absolute Gasteiger partial charge is 0.237 e. The number of nitrogens with one attached hydrogen (secondary N) is 2. The lowest BCUT2D eigenvalue weighted by Crippen LogP contribution is -2.42. The Morgan fingerprint density at radius 3 is 2.94 bits per heavy atom. The van der Waals surface area contributed by atoms with E-state index in [4.69, 9.17) is 5.11 Å². The summed E-state index contributed by atoms with van der Waals surface area (Å²) >= 11 is 0. The van der Waals surface area contributed by atoms with Crippen LogP contribution in [0.15, 0.2) is 0 Å². The van der Waals surface area contributed by atoms with Crippen LogP contribution in [0.25, 0.3) is 0 Å². The van der Waals surface area contributed by atoms with Crippen molar-refractivity contribution < 1.29 is 9.90 Å². The second-order valence-electron chi connectivity index (χ2n) is 4.56. The Morgan fingerprint density at radius 2 is 2.38 bits per heavy atom. The molecular weight excluding hydrogens is 204 g/mol. The summed E-state index contributed by atoms with van der Waals surface area (Å²) in [6.45, 7) is 3.99. The summed E-state index contributed by atoms with van der Waals surface area (Å²) in [6.07, 6.45) is 4.99. The van der Waals surface area contributed by atoms with E-state index in [-0.39, 0.29) is 18.6 Å². The molecule has 0 aromatic carbocycles. The number of amides is 1. The molecule has 0 aromatic rings. The highest BCUT2D eigenvalue weighted by molar-refractivity contribution is 5.81. The molecule has 1 rings (SSSR count). The second-order valence-corrected chi connectivity index (χ2v) is 4.56. The molecule has 0 aromatic heterocycles. The molecule has 1 fully saturated rings. The van der Waals surface area contributed by atoms with Crippen LogP contribution in [0.2, 0.25) is 0 Å². The van der Waals surface area contributed by atoms with Gasteiger partial charge in [-0.1, -0.05) is 13.3 Å². The summed E-state index contributed by atoms with van der Waals surface area (Å²) in [6, 6.07) is 0.0106. The average molecular weight is 228 g/mol. The van der Waals surface area contributed by atoms with Crippen molar-refractivity contribution in [3.8, 4) is 0 Å². The Bertz CT molecular complexity index is 197. The van der Waals surface area contributed by atoms with Crippen molar-refractivity contribution in [3.05, 3.63) is 0 Å². The van der Waals surface area contributed by atoms with E-state index in [0.29, 0.717) is 12.5 Å². The third kappa shape index (κ3) is 4.49. The lowest BCUT2D eigenvalue weighted by molar-refractivity contribution is -0.123. The third-order valence-electron chi connectivity index (χ3n) is 3.18. The van der Waals surface area contributed by atoms with Gasteiger partial charge in [0, 0.05) is 13.2 Å². The number of hydrogen-bond donors (Lipinski definition) is 3. The van der Waals surface area contributed by atoms with Crippen molar-refractivity contribution in [3.63, 3.8) is 0 Å². The molecule has 1 unspecified atom stereocenters. The first kappa shape index (κ1) is 13.5. The van der Waals surface area contributed by atoms with E-state index >= 15 is 0 Å². The molecule has 2 atom stereocenters. The summed E-state index contributed by atoms with van der Waals surface area (Å²) in [5.41, 5.74) is 0. The first-order chi connectivity index (χ1) is 7.77. The Kier molecular flexibility index (Phi) is 6.42. The molecule has 0 radical (unpaired) electrons. The monoisotopic (exact) mass is 228 g/mol. The first-order valence-electron chi connectivity index (χ1n) is 6.39. The van der Waals surface area contributed by atoms with Crippen molar-refractivity contribution in [1.82, 2.24) is 10.6 Å². The molecule has 94 valence electrons. The summed E-state index contributed by atoms with van der Waals surface area (Å²) < 4.78 is 0. The summed E-state index contributed by atoms with van der Waals surface area (Å²) in [4.78, 5) is 11.7. The molecule has 0 saturated carbocycles.